The van der Waals surface area contributed by atoms with Crippen LogP contribution in [0, 0.1) is 5.92 Å². The van der Waals surface area contributed by atoms with Crippen molar-refractivity contribution in [2.75, 3.05) is 25.4 Å². The number of rotatable bonds is 5. The molecule has 1 rings (SSSR count). The SMILES string of the molecule is CC[C@@H](O)CN1CCC(CS(N)(=O)=O)CC1. The summed E-state index contributed by atoms with van der Waals surface area (Å²) in [6.07, 6.45) is 2.20. The monoisotopic (exact) mass is 250 g/mol. The number of nitrogens with two attached hydrogens (primary N) is 1. The molecule has 96 valence electrons. The molecular weight excluding hydrogens is 228 g/mol. The lowest BCUT2D eigenvalue weighted by atomic mass is 9.98. The van der Waals surface area contributed by atoms with Gasteiger partial charge in [0.1, 0.15) is 0 Å². The van der Waals surface area contributed by atoms with Gasteiger partial charge in [-0.1, -0.05) is 6.92 Å². The molecule has 1 aliphatic rings. The van der Waals surface area contributed by atoms with E-state index in [9.17, 15) is 13.5 Å². The van der Waals surface area contributed by atoms with Crippen molar-refractivity contribution in [1.29, 1.82) is 0 Å². The van der Waals surface area contributed by atoms with Gasteiger partial charge in [-0.15, -0.1) is 0 Å². The third-order valence-corrected chi connectivity index (χ3v) is 4.05. The van der Waals surface area contributed by atoms with Gasteiger partial charge in [-0.3, -0.25) is 0 Å². The summed E-state index contributed by atoms with van der Waals surface area (Å²) in [5.74, 6) is 0.280. The summed E-state index contributed by atoms with van der Waals surface area (Å²) in [4.78, 5) is 2.19. The fraction of sp³-hybridized carbons (Fsp3) is 1.00. The lowest BCUT2D eigenvalue weighted by Crippen LogP contribution is -2.40. The van der Waals surface area contributed by atoms with E-state index in [1.165, 1.54) is 0 Å². The van der Waals surface area contributed by atoms with Crippen LogP contribution < -0.4 is 5.14 Å². The van der Waals surface area contributed by atoms with Gasteiger partial charge in [0.15, 0.2) is 0 Å². The second-order valence-electron chi connectivity index (χ2n) is 4.64. The van der Waals surface area contributed by atoms with Gasteiger partial charge in [-0.25, -0.2) is 13.6 Å². The van der Waals surface area contributed by atoms with Crippen LogP contribution in [0.15, 0.2) is 0 Å². The normalized spacial score (nSPS) is 22.2. The molecule has 0 spiro atoms. The van der Waals surface area contributed by atoms with Crippen molar-refractivity contribution in [3.05, 3.63) is 0 Å². The number of aliphatic hydroxyl groups is 1. The highest BCUT2D eigenvalue weighted by Crippen LogP contribution is 2.18. The first-order valence-corrected chi connectivity index (χ1v) is 7.53. The first-order valence-electron chi connectivity index (χ1n) is 5.81. The Balaban J connectivity index is 2.29. The van der Waals surface area contributed by atoms with Crippen LogP contribution in [-0.2, 0) is 10.0 Å². The standard InChI is InChI=1S/C10H22N2O3S/c1-2-10(13)7-12-5-3-9(4-6-12)8-16(11,14)15/h9-10,13H,2-8H2,1H3,(H2,11,14,15)/t10-/m1/s1. The van der Waals surface area contributed by atoms with Gasteiger partial charge in [0.2, 0.25) is 10.0 Å². The Morgan fingerprint density at radius 1 is 1.44 bits per heavy atom. The average molecular weight is 250 g/mol. The summed E-state index contributed by atoms with van der Waals surface area (Å²) in [5.41, 5.74) is 0. The predicted molar refractivity (Wildman–Crippen MR) is 63.4 cm³/mol. The lowest BCUT2D eigenvalue weighted by Gasteiger charge is -2.32. The number of piperidine rings is 1. The molecule has 1 aliphatic heterocycles. The summed E-state index contributed by atoms with van der Waals surface area (Å²) in [6, 6.07) is 0. The molecule has 1 atom stereocenters. The molecule has 0 aromatic carbocycles. The summed E-state index contributed by atoms with van der Waals surface area (Å²) in [6.45, 7) is 4.37. The molecule has 1 saturated heterocycles. The van der Waals surface area contributed by atoms with Crippen LogP contribution in [0.3, 0.4) is 0 Å². The van der Waals surface area contributed by atoms with Crippen LogP contribution in [0.25, 0.3) is 0 Å². The van der Waals surface area contributed by atoms with Crippen molar-refractivity contribution in [2.24, 2.45) is 11.1 Å². The van der Waals surface area contributed by atoms with E-state index in [2.05, 4.69) is 4.90 Å². The van der Waals surface area contributed by atoms with E-state index < -0.39 is 10.0 Å². The fourth-order valence-corrected chi connectivity index (χ4v) is 3.08. The minimum atomic E-state index is -3.34. The fourth-order valence-electron chi connectivity index (χ4n) is 2.09. The lowest BCUT2D eigenvalue weighted by molar-refractivity contribution is 0.0894. The Morgan fingerprint density at radius 2 is 2.00 bits per heavy atom. The van der Waals surface area contributed by atoms with Crippen LogP contribution >= 0.6 is 0 Å². The first-order chi connectivity index (χ1) is 7.40. The third-order valence-electron chi connectivity index (χ3n) is 3.12. The van der Waals surface area contributed by atoms with Crippen molar-refractivity contribution >= 4 is 10.0 Å². The molecular formula is C10H22N2O3S. The van der Waals surface area contributed by atoms with Gasteiger partial charge in [-0.05, 0) is 38.3 Å². The second kappa shape index (κ2) is 5.95. The topological polar surface area (TPSA) is 83.6 Å². The van der Waals surface area contributed by atoms with Crippen LogP contribution in [0.4, 0.5) is 0 Å². The van der Waals surface area contributed by atoms with Crippen LogP contribution in [0.5, 0.6) is 0 Å². The molecule has 1 heterocycles. The Bertz CT molecular complexity index is 297. The van der Waals surface area contributed by atoms with Crippen LogP contribution in [0.2, 0.25) is 0 Å². The molecule has 6 heteroatoms. The zero-order chi connectivity index (χ0) is 12.2. The van der Waals surface area contributed by atoms with Gasteiger partial charge < -0.3 is 10.0 Å². The summed E-state index contributed by atoms with van der Waals surface area (Å²) >= 11 is 0. The van der Waals surface area contributed by atoms with Crippen molar-refractivity contribution in [1.82, 2.24) is 4.90 Å². The number of primary sulfonamides is 1. The zero-order valence-electron chi connectivity index (χ0n) is 9.80. The van der Waals surface area contributed by atoms with E-state index in [1.807, 2.05) is 6.92 Å². The van der Waals surface area contributed by atoms with E-state index in [1.54, 1.807) is 0 Å². The molecule has 0 bridgehead atoms. The maximum atomic E-state index is 10.9. The Kier molecular flexibility index (Phi) is 5.17. The minimum absolute atomic E-state index is 0.0944. The number of sulfonamides is 1. The highest BCUT2D eigenvalue weighted by Gasteiger charge is 2.23. The van der Waals surface area contributed by atoms with Crippen molar-refractivity contribution in [2.45, 2.75) is 32.3 Å². The quantitative estimate of drug-likeness (QED) is 0.705. The number of nitrogens with zero attached hydrogens (tertiary/aromatic N) is 1. The van der Waals surface area contributed by atoms with E-state index in [-0.39, 0.29) is 17.8 Å². The van der Waals surface area contributed by atoms with E-state index in [0.29, 0.717) is 6.54 Å². The number of hydrogen-bond donors (Lipinski definition) is 2. The molecule has 0 radical (unpaired) electrons. The number of aliphatic hydroxyl groups excluding tert-OH is 1. The minimum Gasteiger partial charge on any atom is -0.392 e. The Morgan fingerprint density at radius 3 is 2.44 bits per heavy atom. The Hall–Kier alpha value is -0.170. The van der Waals surface area contributed by atoms with Gasteiger partial charge >= 0.3 is 0 Å². The molecule has 0 aliphatic carbocycles. The van der Waals surface area contributed by atoms with Crippen LogP contribution in [0.1, 0.15) is 26.2 Å². The highest BCUT2D eigenvalue weighted by atomic mass is 32.2. The molecule has 3 N–H and O–H groups in total. The maximum Gasteiger partial charge on any atom is 0.209 e. The van der Waals surface area contributed by atoms with Gasteiger partial charge in [-0.2, -0.15) is 0 Å². The third kappa shape index (κ3) is 5.25. The van der Waals surface area contributed by atoms with Crippen molar-refractivity contribution < 1.29 is 13.5 Å². The smallest absolute Gasteiger partial charge is 0.209 e. The Labute approximate surface area is 97.7 Å². The molecule has 5 nitrogen and oxygen atoms in total. The van der Waals surface area contributed by atoms with Crippen LogP contribution in [-0.4, -0.2) is 49.9 Å². The maximum absolute atomic E-state index is 10.9. The summed E-state index contributed by atoms with van der Waals surface area (Å²) in [5, 5.41) is 14.5. The summed E-state index contributed by atoms with van der Waals surface area (Å²) < 4.78 is 21.9. The first kappa shape index (κ1) is 13.9. The molecule has 0 saturated carbocycles. The molecule has 1 fully saturated rings. The average Bonchev–Trinajstić information content (AvgIpc) is 2.18. The van der Waals surface area contributed by atoms with Gasteiger partial charge in [0.05, 0.1) is 11.9 Å². The number of likely N-dealkylation sites (tertiary alicyclic amines) is 1. The van der Waals surface area contributed by atoms with Gasteiger partial charge in [0.25, 0.3) is 0 Å². The number of β-amino-alcohol motifs (C(OH)–C–C–N with tert-alkyl or cyclic N) is 1. The largest absolute Gasteiger partial charge is 0.392 e. The predicted octanol–water partition coefficient (Wildman–Crippen LogP) is -0.242. The molecule has 16 heavy (non-hydrogen) atoms. The molecule has 0 unspecified atom stereocenters. The molecule has 0 aromatic rings. The van der Waals surface area contributed by atoms with E-state index in [4.69, 9.17) is 5.14 Å². The molecule has 0 amide bonds. The van der Waals surface area contributed by atoms with E-state index >= 15 is 0 Å². The second-order valence-corrected chi connectivity index (χ2v) is 6.29. The zero-order valence-corrected chi connectivity index (χ0v) is 10.6. The van der Waals surface area contributed by atoms with Gasteiger partial charge in [0, 0.05) is 6.54 Å². The van der Waals surface area contributed by atoms with Crippen molar-refractivity contribution in [3.8, 4) is 0 Å². The molecule has 0 aromatic heterocycles. The summed E-state index contributed by atoms with van der Waals surface area (Å²) in [7, 11) is -3.34. The highest BCUT2D eigenvalue weighted by molar-refractivity contribution is 7.89. The van der Waals surface area contributed by atoms with E-state index in [0.717, 1.165) is 32.4 Å². The van der Waals surface area contributed by atoms with Crippen molar-refractivity contribution in [3.63, 3.8) is 0 Å². The number of hydrogen-bond acceptors (Lipinski definition) is 4.